The summed E-state index contributed by atoms with van der Waals surface area (Å²) in [6, 6.07) is 14.0. The van der Waals surface area contributed by atoms with E-state index in [4.69, 9.17) is 0 Å². The first kappa shape index (κ1) is 15.4. The van der Waals surface area contributed by atoms with Crippen molar-refractivity contribution in [1.29, 1.82) is 0 Å². The van der Waals surface area contributed by atoms with Gasteiger partial charge in [0.25, 0.3) is 0 Å². The predicted molar refractivity (Wildman–Crippen MR) is 86.7 cm³/mol. The van der Waals surface area contributed by atoms with Crippen molar-refractivity contribution < 1.29 is 9.18 Å². The average molecular weight is 348 g/mol. The van der Waals surface area contributed by atoms with Crippen molar-refractivity contribution in [3.8, 4) is 0 Å². The van der Waals surface area contributed by atoms with E-state index in [2.05, 4.69) is 27.8 Å². The number of benzene rings is 2. The molecule has 2 rings (SSSR count). The number of hydrogen-bond donors (Lipinski definition) is 1. The van der Waals surface area contributed by atoms with Crippen LogP contribution in [0, 0.1) is 5.82 Å². The Kier molecular flexibility index (Phi) is 5.28. The van der Waals surface area contributed by atoms with Gasteiger partial charge in [-0.25, -0.2) is 4.39 Å². The van der Waals surface area contributed by atoms with Crippen LogP contribution < -0.4 is 5.32 Å². The van der Waals surface area contributed by atoms with E-state index in [0.717, 1.165) is 5.56 Å². The maximum atomic E-state index is 13.5. The summed E-state index contributed by atoms with van der Waals surface area (Å²) >= 11 is 3.09. The van der Waals surface area contributed by atoms with Gasteiger partial charge in [0.05, 0.1) is 10.4 Å². The summed E-state index contributed by atoms with van der Waals surface area (Å²) < 4.78 is 13.9. The molecule has 108 valence electrons. The average Bonchev–Trinajstić information content (AvgIpc) is 2.49. The molecular weight excluding hydrogens is 333 g/mol. The van der Waals surface area contributed by atoms with Gasteiger partial charge in [0.1, 0.15) is 5.82 Å². The summed E-state index contributed by atoms with van der Waals surface area (Å²) in [5.41, 5.74) is 1.35. The SMILES string of the molecule is C=CCC(C(=O)Nc1ccc(Br)c(F)c1)c1ccccc1. The molecule has 1 N–H and O–H groups in total. The van der Waals surface area contributed by atoms with Crippen LogP contribution in [0.4, 0.5) is 10.1 Å². The highest BCUT2D eigenvalue weighted by atomic mass is 79.9. The quantitative estimate of drug-likeness (QED) is 0.766. The molecule has 1 atom stereocenters. The Hall–Kier alpha value is -1.94. The Labute approximate surface area is 131 Å². The molecule has 0 spiro atoms. The lowest BCUT2D eigenvalue weighted by atomic mass is 9.95. The number of nitrogens with one attached hydrogen (secondary N) is 1. The van der Waals surface area contributed by atoms with Crippen LogP contribution in [0.1, 0.15) is 17.9 Å². The Morgan fingerprint density at radius 3 is 2.62 bits per heavy atom. The molecule has 2 nitrogen and oxygen atoms in total. The van der Waals surface area contributed by atoms with E-state index in [-0.39, 0.29) is 11.8 Å². The van der Waals surface area contributed by atoms with Crippen molar-refractivity contribution in [1.82, 2.24) is 0 Å². The molecule has 0 aliphatic heterocycles. The first-order valence-electron chi connectivity index (χ1n) is 6.53. The van der Waals surface area contributed by atoms with E-state index in [1.54, 1.807) is 18.2 Å². The largest absolute Gasteiger partial charge is 0.325 e. The van der Waals surface area contributed by atoms with Gasteiger partial charge in [-0.1, -0.05) is 36.4 Å². The van der Waals surface area contributed by atoms with E-state index in [1.807, 2.05) is 30.3 Å². The van der Waals surface area contributed by atoms with E-state index in [9.17, 15) is 9.18 Å². The van der Waals surface area contributed by atoms with E-state index in [1.165, 1.54) is 6.07 Å². The monoisotopic (exact) mass is 347 g/mol. The minimum absolute atomic E-state index is 0.178. The number of carbonyl (C=O) groups is 1. The predicted octanol–water partition coefficient (Wildman–Crippen LogP) is 4.89. The van der Waals surface area contributed by atoms with Gasteiger partial charge in [0.2, 0.25) is 5.91 Å². The molecule has 0 heterocycles. The Bertz CT molecular complexity index is 642. The maximum Gasteiger partial charge on any atom is 0.232 e. The summed E-state index contributed by atoms with van der Waals surface area (Å²) in [6.07, 6.45) is 2.23. The zero-order valence-corrected chi connectivity index (χ0v) is 12.9. The number of carbonyl (C=O) groups excluding carboxylic acids is 1. The van der Waals surface area contributed by atoms with Crippen LogP contribution in [0.2, 0.25) is 0 Å². The zero-order chi connectivity index (χ0) is 15.2. The molecule has 2 aromatic carbocycles. The van der Waals surface area contributed by atoms with E-state index < -0.39 is 5.82 Å². The molecule has 2 aromatic rings. The van der Waals surface area contributed by atoms with Crippen molar-refractivity contribution in [3.63, 3.8) is 0 Å². The number of amides is 1. The number of anilines is 1. The number of halogens is 2. The Morgan fingerprint density at radius 2 is 2.00 bits per heavy atom. The molecule has 0 bridgehead atoms. The van der Waals surface area contributed by atoms with Gasteiger partial charge in [-0.05, 0) is 46.1 Å². The van der Waals surface area contributed by atoms with Crippen molar-refractivity contribution in [2.45, 2.75) is 12.3 Å². The number of hydrogen-bond acceptors (Lipinski definition) is 1. The summed E-state index contributed by atoms with van der Waals surface area (Å²) in [5, 5.41) is 2.75. The third-order valence-corrected chi connectivity index (χ3v) is 3.75. The Balaban J connectivity index is 2.19. The van der Waals surface area contributed by atoms with Crippen molar-refractivity contribution in [2.24, 2.45) is 0 Å². The topological polar surface area (TPSA) is 29.1 Å². The van der Waals surface area contributed by atoms with Crippen LogP contribution in [0.15, 0.2) is 65.7 Å². The fourth-order valence-corrected chi connectivity index (χ4v) is 2.30. The second kappa shape index (κ2) is 7.18. The van der Waals surface area contributed by atoms with Crippen LogP contribution in [-0.2, 0) is 4.79 Å². The molecule has 0 aliphatic carbocycles. The van der Waals surface area contributed by atoms with Crippen molar-refractivity contribution >= 4 is 27.5 Å². The molecular formula is C17H15BrFNO. The van der Waals surface area contributed by atoms with Gasteiger partial charge in [0, 0.05) is 5.69 Å². The molecule has 0 saturated heterocycles. The maximum absolute atomic E-state index is 13.5. The fraction of sp³-hybridized carbons (Fsp3) is 0.118. The van der Waals surface area contributed by atoms with Gasteiger partial charge < -0.3 is 5.32 Å². The van der Waals surface area contributed by atoms with Gasteiger partial charge in [-0.3, -0.25) is 4.79 Å². The fourth-order valence-electron chi connectivity index (χ4n) is 2.05. The van der Waals surface area contributed by atoms with Crippen LogP contribution in [0.5, 0.6) is 0 Å². The second-order valence-electron chi connectivity index (χ2n) is 4.61. The molecule has 0 aliphatic rings. The highest BCUT2D eigenvalue weighted by Crippen LogP contribution is 2.24. The van der Waals surface area contributed by atoms with Gasteiger partial charge in [-0.2, -0.15) is 0 Å². The van der Waals surface area contributed by atoms with E-state index in [0.29, 0.717) is 16.6 Å². The molecule has 21 heavy (non-hydrogen) atoms. The lowest BCUT2D eigenvalue weighted by molar-refractivity contribution is -0.117. The van der Waals surface area contributed by atoms with Gasteiger partial charge >= 0.3 is 0 Å². The summed E-state index contributed by atoms with van der Waals surface area (Å²) in [4.78, 5) is 12.4. The first-order valence-corrected chi connectivity index (χ1v) is 7.33. The lowest BCUT2D eigenvalue weighted by Crippen LogP contribution is -2.20. The molecule has 0 fully saturated rings. The second-order valence-corrected chi connectivity index (χ2v) is 5.46. The highest BCUT2D eigenvalue weighted by Gasteiger charge is 2.19. The third-order valence-electron chi connectivity index (χ3n) is 3.11. The standard InChI is InChI=1S/C17H15BrFNO/c1-2-6-14(12-7-4-3-5-8-12)17(21)20-13-9-10-15(18)16(19)11-13/h2-5,7-11,14H,1,6H2,(H,20,21). The lowest BCUT2D eigenvalue weighted by Gasteiger charge is -2.16. The molecule has 0 aromatic heterocycles. The minimum Gasteiger partial charge on any atom is -0.325 e. The van der Waals surface area contributed by atoms with Gasteiger partial charge in [0.15, 0.2) is 0 Å². The summed E-state index contributed by atoms with van der Waals surface area (Å²) in [5.74, 6) is -0.925. The molecule has 4 heteroatoms. The van der Waals surface area contributed by atoms with Crippen LogP contribution in [0.3, 0.4) is 0 Å². The minimum atomic E-state index is -0.409. The van der Waals surface area contributed by atoms with Gasteiger partial charge in [-0.15, -0.1) is 6.58 Å². The highest BCUT2D eigenvalue weighted by molar-refractivity contribution is 9.10. The molecule has 1 unspecified atom stereocenters. The Morgan fingerprint density at radius 1 is 1.29 bits per heavy atom. The van der Waals surface area contributed by atoms with E-state index >= 15 is 0 Å². The van der Waals surface area contributed by atoms with Crippen molar-refractivity contribution in [2.75, 3.05) is 5.32 Å². The zero-order valence-electron chi connectivity index (χ0n) is 11.4. The van der Waals surface area contributed by atoms with Crippen molar-refractivity contribution in [3.05, 3.63) is 77.0 Å². The van der Waals surface area contributed by atoms with Crippen LogP contribution >= 0.6 is 15.9 Å². The number of allylic oxidation sites excluding steroid dienone is 1. The number of rotatable bonds is 5. The molecule has 1 amide bonds. The first-order chi connectivity index (χ1) is 10.1. The molecule has 0 saturated carbocycles. The third kappa shape index (κ3) is 4.02. The normalized spacial score (nSPS) is 11.7. The smallest absolute Gasteiger partial charge is 0.232 e. The summed E-state index contributed by atoms with van der Waals surface area (Å²) in [6.45, 7) is 3.69. The summed E-state index contributed by atoms with van der Waals surface area (Å²) in [7, 11) is 0. The molecule has 0 radical (unpaired) electrons. The van der Waals surface area contributed by atoms with Crippen LogP contribution in [0.25, 0.3) is 0 Å². The van der Waals surface area contributed by atoms with Crippen LogP contribution in [-0.4, -0.2) is 5.91 Å².